The van der Waals surface area contributed by atoms with Gasteiger partial charge in [-0.15, -0.1) is 0 Å². The molecule has 0 aromatic heterocycles. The molecule has 0 atom stereocenters. The Kier molecular flexibility index (Phi) is 4.54. The first-order chi connectivity index (χ1) is 11.5. The van der Waals surface area contributed by atoms with Crippen molar-refractivity contribution in [3.63, 3.8) is 0 Å². The van der Waals surface area contributed by atoms with E-state index in [2.05, 4.69) is 0 Å². The minimum Gasteiger partial charge on any atom is -0.506 e. The molecule has 1 N–H and O–H groups in total. The lowest BCUT2D eigenvalue weighted by Crippen LogP contribution is -2.06. The lowest BCUT2D eigenvalue weighted by Gasteiger charge is -2.21. The molecule has 0 saturated heterocycles. The van der Waals surface area contributed by atoms with Gasteiger partial charge in [0.1, 0.15) is 17.4 Å². The van der Waals surface area contributed by atoms with E-state index in [0.29, 0.717) is 0 Å². The maximum atomic E-state index is 13.3. The Balaban J connectivity index is 2.20. The highest BCUT2D eigenvalue weighted by Crippen LogP contribution is 2.38. The highest BCUT2D eigenvalue weighted by molar-refractivity contribution is 6.32. The number of hydrogen-bond acceptors (Lipinski definition) is 1. The van der Waals surface area contributed by atoms with E-state index in [1.54, 1.807) is 36.4 Å². The molecule has 1 nitrogen and oxygen atoms in total. The van der Waals surface area contributed by atoms with Gasteiger partial charge in [0.05, 0.1) is 5.02 Å². The number of phenols is 1. The van der Waals surface area contributed by atoms with Gasteiger partial charge < -0.3 is 5.11 Å². The van der Waals surface area contributed by atoms with Crippen LogP contribution in [-0.4, -0.2) is 5.11 Å². The van der Waals surface area contributed by atoms with Crippen molar-refractivity contribution in [3.05, 3.63) is 99.6 Å². The van der Waals surface area contributed by atoms with Crippen molar-refractivity contribution < 1.29 is 13.9 Å². The zero-order valence-corrected chi connectivity index (χ0v) is 13.7. The average Bonchev–Trinajstić information content (AvgIpc) is 2.56. The topological polar surface area (TPSA) is 20.2 Å². The SMILES string of the molecule is Cc1cc(Cl)c(O)cc1C(c1ccc(F)cc1)c1ccc(F)cc1. The van der Waals surface area contributed by atoms with Crippen LogP contribution in [0.5, 0.6) is 5.75 Å². The summed E-state index contributed by atoms with van der Waals surface area (Å²) in [6.45, 7) is 1.89. The number of aryl methyl sites for hydroxylation is 1. The quantitative estimate of drug-likeness (QED) is 0.594. The third kappa shape index (κ3) is 3.26. The summed E-state index contributed by atoms with van der Waals surface area (Å²) in [5, 5.41) is 10.3. The first-order valence-corrected chi connectivity index (χ1v) is 7.83. The van der Waals surface area contributed by atoms with Crippen LogP contribution < -0.4 is 0 Å². The summed E-state index contributed by atoms with van der Waals surface area (Å²) in [7, 11) is 0. The fourth-order valence-corrected chi connectivity index (χ4v) is 3.07. The minimum absolute atomic E-state index is 0.0218. The molecule has 3 rings (SSSR count). The molecule has 0 amide bonds. The number of benzene rings is 3. The van der Waals surface area contributed by atoms with E-state index >= 15 is 0 Å². The summed E-state index contributed by atoms with van der Waals surface area (Å²) in [6, 6.07) is 15.6. The van der Waals surface area contributed by atoms with Crippen LogP contribution in [0, 0.1) is 18.6 Å². The lowest BCUT2D eigenvalue weighted by atomic mass is 9.83. The molecular formula is C20H15ClF2O. The Morgan fingerprint density at radius 3 is 1.75 bits per heavy atom. The zero-order valence-electron chi connectivity index (χ0n) is 12.9. The first-order valence-electron chi connectivity index (χ1n) is 7.45. The molecule has 0 fully saturated rings. The predicted molar refractivity (Wildman–Crippen MR) is 91.6 cm³/mol. The Bertz CT molecular complexity index is 813. The van der Waals surface area contributed by atoms with E-state index in [1.807, 2.05) is 6.92 Å². The molecule has 122 valence electrons. The van der Waals surface area contributed by atoms with Crippen molar-refractivity contribution in [1.29, 1.82) is 0 Å². The molecule has 24 heavy (non-hydrogen) atoms. The molecule has 0 saturated carbocycles. The van der Waals surface area contributed by atoms with Gasteiger partial charge in [-0.1, -0.05) is 35.9 Å². The van der Waals surface area contributed by atoms with E-state index < -0.39 is 0 Å². The molecule has 0 radical (unpaired) electrons. The van der Waals surface area contributed by atoms with Crippen molar-refractivity contribution in [2.45, 2.75) is 12.8 Å². The van der Waals surface area contributed by atoms with E-state index in [0.717, 1.165) is 22.3 Å². The van der Waals surface area contributed by atoms with Gasteiger partial charge in [0, 0.05) is 5.92 Å². The van der Waals surface area contributed by atoms with Gasteiger partial charge in [-0.25, -0.2) is 8.78 Å². The maximum absolute atomic E-state index is 13.3. The third-order valence-electron chi connectivity index (χ3n) is 4.05. The lowest BCUT2D eigenvalue weighted by molar-refractivity contribution is 0.474. The average molecular weight is 345 g/mol. The van der Waals surface area contributed by atoms with Crippen molar-refractivity contribution in [1.82, 2.24) is 0 Å². The summed E-state index contributed by atoms with van der Waals surface area (Å²) >= 11 is 5.98. The normalized spacial score (nSPS) is 11.0. The molecular weight excluding hydrogens is 330 g/mol. The highest BCUT2D eigenvalue weighted by Gasteiger charge is 2.20. The number of hydrogen-bond donors (Lipinski definition) is 1. The van der Waals surface area contributed by atoms with E-state index in [-0.39, 0.29) is 28.3 Å². The molecule has 0 aliphatic rings. The fourth-order valence-electron chi connectivity index (χ4n) is 2.85. The minimum atomic E-state index is -0.327. The number of phenolic OH excluding ortho intramolecular Hbond substituents is 1. The van der Waals surface area contributed by atoms with Crippen LogP contribution in [0.2, 0.25) is 5.02 Å². The van der Waals surface area contributed by atoms with E-state index in [9.17, 15) is 13.9 Å². The van der Waals surface area contributed by atoms with Crippen molar-refractivity contribution in [2.75, 3.05) is 0 Å². The predicted octanol–water partition coefficient (Wildman–Crippen LogP) is 5.81. The highest BCUT2D eigenvalue weighted by atomic mass is 35.5. The van der Waals surface area contributed by atoms with Gasteiger partial charge in [0.15, 0.2) is 0 Å². The van der Waals surface area contributed by atoms with Crippen molar-refractivity contribution in [2.24, 2.45) is 0 Å². The van der Waals surface area contributed by atoms with Gasteiger partial charge in [-0.05, 0) is 65.6 Å². The Hall–Kier alpha value is -2.39. The fraction of sp³-hybridized carbons (Fsp3) is 0.100. The van der Waals surface area contributed by atoms with Crippen LogP contribution >= 0.6 is 11.6 Å². The van der Waals surface area contributed by atoms with Gasteiger partial charge in [-0.3, -0.25) is 0 Å². The molecule has 0 aliphatic carbocycles. The molecule has 3 aromatic carbocycles. The molecule has 0 unspecified atom stereocenters. The zero-order chi connectivity index (χ0) is 17.3. The van der Waals surface area contributed by atoms with Crippen LogP contribution in [0.25, 0.3) is 0 Å². The summed E-state index contributed by atoms with van der Waals surface area (Å²) in [4.78, 5) is 0. The Morgan fingerprint density at radius 2 is 1.29 bits per heavy atom. The van der Waals surface area contributed by atoms with Crippen LogP contribution in [0.3, 0.4) is 0 Å². The second-order valence-electron chi connectivity index (χ2n) is 5.70. The molecule has 0 aliphatic heterocycles. The maximum Gasteiger partial charge on any atom is 0.134 e. The van der Waals surface area contributed by atoms with Crippen LogP contribution in [0.1, 0.15) is 28.2 Å². The smallest absolute Gasteiger partial charge is 0.134 e. The second-order valence-corrected chi connectivity index (χ2v) is 6.10. The number of halogens is 3. The van der Waals surface area contributed by atoms with Crippen molar-refractivity contribution >= 4 is 11.6 Å². The summed E-state index contributed by atoms with van der Waals surface area (Å²) in [5.74, 6) is -0.944. The molecule has 3 aromatic rings. The second kappa shape index (κ2) is 6.62. The number of rotatable bonds is 3. The first kappa shape index (κ1) is 16.5. The molecule has 4 heteroatoms. The Morgan fingerprint density at radius 1 is 0.833 bits per heavy atom. The third-order valence-corrected chi connectivity index (χ3v) is 4.36. The molecule has 0 heterocycles. The van der Waals surface area contributed by atoms with E-state index in [4.69, 9.17) is 11.6 Å². The van der Waals surface area contributed by atoms with Crippen molar-refractivity contribution in [3.8, 4) is 5.75 Å². The standard InChI is InChI=1S/C20H15ClF2O/c1-12-10-18(21)19(24)11-17(12)20(13-2-6-15(22)7-3-13)14-4-8-16(23)9-5-14/h2-11,20,24H,1H3. The Labute approximate surface area is 144 Å². The largest absolute Gasteiger partial charge is 0.506 e. The van der Waals surface area contributed by atoms with Gasteiger partial charge in [-0.2, -0.15) is 0 Å². The van der Waals surface area contributed by atoms with Gasteiger partial charge >= 0.3 is 0 Å². The summed E-state index contributed by atoms with van der Waals surface area (Å²) in [5.41, 5.74) is 3.40. The molecule has 0 spiro atoms. The van der Waals surface area contributed by atoms with Gasteiger partial charge in [0.25, 0.3) is 0 Å². The van der Waals surface area contributed by atoms with Crippen LogP contribution in [0.4, 0.5) is 8.78 Å². The van der Waals surface area contributed by atoms with E-state index in [1.165, 1.54) is 24.3 Å². The number of aromatic hydroxyl groups is 1. The monoisotopic (exact) mass is 344 g/mol. The summed E-state index contributed by atoms with van der Waals surface area (Å²) in [6.07, 6.45) is 0. The molecule has 0 bridgehead atoms. The van der Waals surface area contributed by atoms with Crippen LogP contribution in [0.15, 0.2) is 60.7 Å². The summed E-state index contributed by atoms with van der Waals surface area (Å²) < 4.78 is 26.6. The van der Waals surface area contributed by atoms with Gasteiger partial charge in [0.2, 0.25) is 0 Å². The van der Waals surface area contributed by atoms with Crippen LogP contribution in [-0.2, 0) is 0 Å².